The van der Waals surface area contributed by atoms with Crippen molar-refractivity contribution in [2.45, 2.75) is 57.3 Å². The summed E-state index contributed by atoms with van der Waals surface area (Å²) in [4.78, 5) is 1.04. The molecule has 1 rings (SSSR count). The second-order valence-corrected chi connectivity index (χ2v) is 7.66. The Kier molecular flexibility index (Phi) is 3.86. The third kappa shape index (κ3) is 3.04. The van der Waals surface area contributed by atoms with Crippen molar-refractivity contribution >= 4 is 28.6 Å². The molecule has 16 heavy (non-hydrogen) atoms. The van der Waals surface area contributed by atoms with Gasteiger partial charge in [-0.15, -0.1) is 12.6 Å². The third-order valence-electron chi connectivity index (χ3n) is 2.67. The van der Waals surface area contributed by atoms with E-state index in [2.05, 4.69) is 82.2 Å². The zero-order valence-corrected chi connectivity index (χ0v) is 13.5. The first kappa shape index (κ1) is 14.1. The fourth-order valence-electron chi connectivity index (χ4n) is 1.70. The van der Waals surface area contributed by atoms with Crippen LogP contribution in [0.1, 0.15) is 52.7 Å². The SMILES string of the molecule is CC(C)(C)c1cc(S)cc(C(C)(C)C)c1Br. The summed E-state index contributed by atoms with van der Waals surface area (Å²) in [5.74, 6) is 0. The molecule has 0 amide bonds. The van der Waals surface area contributed by atoms with E-state index in [0.717, 1.165) is 4.90 Å². The molecule has 1 aromatic rings. The van der Waals surface area contributed by atoms with Gasteiger partial charge in [0.2, 0.25) is 0 Å². The zero-order valence-electron chi connectivity index (χ0n) is 11.0. The molecule has 0 N–H and O–H groups in total. The van der Waals surface area contributed by atoms with Gasteiger partial charge in [0.05, 0.1) is 0 Å². The van der Waals surface area contributed by atoms with Gasteiger partial charge in [-0.2, -0.15) is 0 Å². The van der Waals surface area contributed by atoms with Gasteiger partial charge in [-0.3, -0.25) is 0 Å². The summed E-state index contributed by atoms with van der Waals surface area (Å²) in [6.45, 7) is 13.4. The Hall–Kier alpha value is 0.0500. The van der Waals surface area contributed by atoms with E-state index >= 15 is 0 Å². The summed E-state index contributed by atoms with van der Waals surface area (Å²) in [5.41, 5.74) is 2.92. The number of hydrogen-bond donors (Lipinski definition) is 1. The maximum Gasteiger partial charge on any atom is 0.0250 e. The van der Waals surface area contributed by atoms with Crippen LogP contribution in [0.25, 0.3) is 0 Å². The molecule has 0 fully saturated rings. The molecule has 0 spiro atoms. The van der Waals surface area contributed by atoms with Crippen molar-refractivity contribution in [2.75, 3.05) is 0 Å². The number of rotatable bonds is 0. The maximum atomic E-state index is 4.51. The lowest BCUT2D eigenvalue weighted by Crippen LogP contribution is -2.18. The lowest BCUT2D eigenvalue weighted by Gasteiger charge is -2.28. The second kappa shape index (κ2) is 4.38. The molecule has 90 valence electrons. The molecule has 0 nitrogen and oxygen atoms in total. The summed E-state index contributed by atoms with van der Waals surface area (Å²) in [5, 5.41) is 0. The Balaban J connectivity index is 3.51. The van der Waals surface area contributed by atoms with Crippen LogP contribution in [0.3, 0.4) is 0 Å². The monoisotopic (exact) mass is 300 g/mol. The summed E-state index contributed by atoms with van der Waals surface area (Å²) < 4.78 is 1.23. The minimum Gasteiger partial charge on any atom is -0.143 e. The number of benzene rings is 1. The second-order valence-electron chi connectivity index (χ2n) is 6.35. The summed E-state index contributed by atoms with van der Waals surface area (Å²) in [6.07, 6.45) is 0. The molecule has 0 radical (unpaired) electrons. The number of hydrogen-bond acceptors (Lipinski definition) is 1. The molecule has 1 aromatic carbocycles. The van der Waals surface area contributed by atoms with Gasteiger partial charge in [0.15, 0.2) is 0 Å². The van der Waals surface area contributed by atoms with Gasteiger partial charge in [0.25, 0.3) is 0 Å². The highest BCUT2D eigenvalue weighted by molar-refractivity contribution is 9.10. The molecule has 0 saturated carbocycles. The van der Waals surface area contributed by atoms with Crippen LogP contribution in [-0.4, -0.2) is 0 Å². The molecular formula is C14H21BrS. The highest BCUT2D eigenvalue weighted by Crippen LogP contribution is 2.39. The number of halogens is 1. The van der Waals surface area contributed by atoms with Crippen LogP contribution in [0.4, 0.5) is 0 Å². The molecule has 0 aromatic heterocycles. The summed E-state index contributed by atoms with van der Waals surface area (Å²) >= 11 is 8.27. The lowest BCUT2D eigenvalue weighted by atomic mass is 9.81. The Bertz CT molecular complexity index is 359. The fraction of sp³-hybridized carbons (Fsp3) is 0.571. The predicted molar refractivity (Wildman–Crippen MR) is 78.8 cm³/mol. The van der Waals surface area contributed by atoms with Gasteiger partial charge in [-0.05, 0) is 34.1 Å². The van der Waals surface area contributed by atoms with Gasteiger partial charge >= 0.3 is 0 Å². The molecule has 0 aliphatic carbocycles. The van der Waals surface area contributed by atoms with E-state index in [9.17, 15) is 0 Å². The average molecular weight is 301 g/mol. The van der Waals surface area contributed by atoms with Crippen molar-refractivity contribution in [1.82, 2.24) is 0 Å². The fourth-order valence-corrected chi connectivity index (χ4v) is 3.38. The van der Waals surface area contributed by atoms with E-state index < -0.39 is 0 Å². The van der Waals surface area contributed by atoms with E-state index in [1.54, 1.807) is 0 Å². The van der Waals surface area contributed by atoms with Gasteiger partial charge < -0.3 is 0 Å². The molecule has 0 unspecified atom stereocenters. The quantitative estimate of drug-likeness (QED) is 0.615. The van der Waals surface area contributed by atoms with Crippen molar-refractivity contribution in [1.29, 1.82) is 0 Å². The first-order valence-corrected chi connectivity index (χ1v) is 6.81. The van der Waals surface area contributed by atoms with Crippen LogP contribution < -0.4 is 0 Å². The van der Waals surface area contributed by atoms with Crippen LogP contribution in [0.15, 0.2) is 21.5 Å². The lowest BCUT2D eigenvalue weighted by molar-refractivity contribution is 0.560. The van der Waals surface area contributed by atoms with Crippen molar-refractivity contribution in [3.8, 4) is 0 Å². The smallest absolute Gasteiger partial charge is 0.0250 e. The minimum absolute atomic E-state index is 0.136. The molecule has 0 aliphatic rings. The average Bonchev–Trinajstić information content (AvgIpc) is 2.04. The molecule has 0 heterocycles. The molecule has 2 heteroatoms. The Morgan fingerprint density at radius 1 is 0.875 bits per heavy atom. The minimum atomic E-state index is 0.136. The summed E-state index contributed by atoms with van der Waals surface area (Å²) in [7, 11) is 0. The zero-order chi connectivity index (χ0) is 12.7. The number of thiol groups is 1. The van der Waals surface area contributed by atoms with Crippen LogP contribution in [0.5, 0.6) is 0 Å². The molecule has 0 bridgehead atoms. The van der Waals surface area contributed by atoms with Crippen molar-refractivity contribution in [2.24, 2.45) is 0 Å². The topological polar surface area (TPSA) is 0 Å². The maximum absolute atomic E-state index is 4.51. The van der Waals surface area contributed by atoms with E-state index in [0.29, 0.717) is 0 Å². The van der Waals surface area contributed by atoms with Gasteiger partial charge in [0, 0.05) is 9.37 Å². The highest BCUT2D eigenvalue weighted by atomic mass is 79.9. The van der Waals surface area contributed by atoms with Crippen molar-refractivity contribution < 1.29 is 0 Å². The van der Waals surface area contributed by atoms with E-state index in [-0.39, 0.29) is 10.8 Å². The Labute approximate surface area is 113 Å². The highest BCUT2D eigenvalue weighted by Gasteiger charge is 2.24. The van der Waals surface area contributed by atoms with Crippen molar-refractivity contribution in [3.63, 3.8) is 0 Å². The van der Waals surface area contributed by atoms with Crippen LogP contribution in [0, 0.1) is 0 Å². The van der Waals surface area contributed by atoms with Crippen LogP contribution >= 0.6 is 28.6 Å². The first-order valence-electron chi connectivity index (χ1n) is 5.57. The van der Waals surface area contributed by atoms with Gasteiger partial charge in [0.1, 0.15) is 0 Å². The Morgan fingerprint density at radius 2 is 1.19 bits per heavy atom. The third-order valence-corrected chi connectivity index (χ3v) is 3.79. The predicted octanol–water partition coefficient (Wildman–Crippen LogP) is 5.33. The van der Waals surface area contributed by atoms with Gasteiger partial charge in [-0.25, -0.2) is 0 Å². The van der Waals surface area contributed by atoms with Crippen molar-refractivity contribution in [3.05, 3.63) is 27.7 Å². The molecule has 0 saturated heterocycles. The largest absolute Gasteiger partial charge is 0.143 e. The standard InChI is InChI=1S/C14H21BrS/c1-13(2,3)10-7-9(16)8-11(12(10)15)14(4,5)6/h7-8,16H,1-6H3. The van der Waals surface area contributed by atoms with E-state index in [1.165, 1.54) is 15.6 Å². The van der Waals surface area contributed by atoms with Crippen LogP contribution in [0.2, 0.25) is 0 Å². The molecule has 0 atom stereocenters. The van der Waals surface area contributed by atoms with Crippen LogP contribution in [-0.2, 0) is 10.8 Å². The van der Waals surface area contributed by atoms with Gasteiger partial charge in [-0.1, -0.05) is 57.5 Å². The molecular weight excluding hydrogens is 280 g/mol. The first-order chi connectivity index (χ1) is 7.03. The summed E-state index contributed by atoms with van der Waals surface area (Å²) in [6, 6.07) is 4.31. The normalized spacial score (nSPS) is 13.0. The van der Waals surface area contributed by atoms with E-state index in [1.807, 2.05) is 0 Å². The van der Waals surface area contributed by atoms with E-state index in [4.69, 9.17) is 0 Å². The Morgan fingerprint density at radius 3 is 1.44 bits per heavy atom. The molecule has 0 aliphatic heterocycles.